The topological polar surface area (TPSA) is 96.7 Å². The average molecular weight is 414 g/mol. The van der Waals surface area contributed by atoms with Crippen LogP contribution in [0, 0.1) is 0 Å². The van der Waals surface area contributed by atoms with E-state index in [-0.39, 0.29) is 30.8 Å². The molecule has 1 heterocycles. The van der Waals surface area contributed by atoms with Gasteiger partial charge in [-0.1, -0.05) is 19.0 Å². The molecule has 158 valence electrons. The Morgan fingerprint density at radius 2 is 1.72 bits per heavy atom. The lowest BCUT2D eigenvalue weighted by atomic mass is 10.1. The zero-order valence-electron chi connectivity index (χ0n) is 16.0. The van der Waals surface area contributed by atoms with Crippen LogP contribution < -0.4 is 15.4 Å². The lowest BCUT2D eigenvalue weighted by Gasteiger charge is -2.15. The van der Waals surface area contributed by atoms with E-state index in [1.54, 1.807) is 13.1 Å². The quantitative estimate of drug-likeness (QED) is 0.689. The predicted molar refractivity (Wildman–Crippen MR) is 98.5 cm³/mol. The summed E-state index contributed by atoms with van der Waals surface area (Å²) in [7, 11) is 1.57. The summed E-state index contributed by atoms with van der Waals surface area (Å²) in [6, 6.07) is 6.36. The van der Waals surface area contributed by atoms with Crippen molar-refractivity contribution in [1.82, 2.24) is 10.1 Å². The number of rotatable bonds is 8. The molecule has 0 spiro atoms. The molecule has 8 nitrogen and oxygen atoms in total. The summed E-state index contributed by atoms with van der Waals surface area (Å²) < 4.78 is 45.2. The second-order valence-corrected chi connectivity index (χ2v) is 6.61. The van der Waals surface area contributed by atoms with E-state index >= 15 is 0 Å². The molecular weight excluding hydrogens is 393 g/mol. The van der Waals surface area contributed by atoms with E-state index in [0.717, 1.165) is 12.1 Å². The third-order valence-corrected chi connectivity index (χ3v) is 3.58. The molecule has 0 radical (unpaired) electrons. The Hall–Kier alpha value is -3.08. The molecule has 0 aliphatic carbocycles. The van der Waals surface area contributed by atoms with Crippen LogP contribution in [0.1, 0.15) is 25.5 Å². The molecule has 0 atom stereocenters. The number of hydrogen-bond acceptors (Lipinski definition) is 6. The molecule has 0 fully saturated rings. The van der Waals surface area contributed by atoms with Crippen LogP contribution in [-0.4, -0.2) is 48.4 Å². The fraction of sp³-hybridized carbons (Fsp3) is 0.389. The number of carbonyl (C=O) groups excluding carboxylic acids is 2. The van der Waals surface area contributed by atoms with Crippen LogP contribution in [0.25, 0.3) is 0 Å². The van der Waals surface area contributed by atoms with Gasteiger partial charge in [-0.15, -0.1) is 13.2 Å². The van der Waals surface area contributed by atoms with Crippen LogP contribution >= 0.6 is 0 Å². The van der Waals surface area contributed by atoms with Gasteiger partial charge in [0.15, 0.2) is 0 Å². The van der Waals surface area contributed by atoms with Crippen molar-refractivity contribution in [3.8, 4) is 5.75 Å². The predicted octanol–water partition coefficient (Wildman–Crippen LogP) is 3.21. The van der Waals surface area contributed by atoms with Crippen LogP contribution in [-0.2, 0) is 9.59 Å². The number of carbonyl (C=O) groups is 2. The van der Waals surface area contributed by atoms with Gasteiger partial charge in [-0.3, -0.25) is 19.8 Å². The number of alkyl halides is 3. The van der Waals surface area contributed by atoms with Crippen LogP contribution in [0.2, 0.25) is 0 Å². The van der Waals surface area contributed by atoms with Gasteiger partial charge >= 0.3 is 6.36 Å². The molecule has 2 N–H and O–H groups in total. The highest BCUT2D eigenvalue weighted by Gasteiger charge is 2.31. The van der Waals surface area contributed by atoms with Crippen LogP contribution in [0.4, 0.5) is 24.7 Å². The van der Waals surface area contributed by atoms with Gasteiger partial charge < -0.3 is 14.6 Å². The van der Waals surface area contributed by atoms with Crippen molar-refractivity contribution in [2.24, 2.45) is 0 Å². The van der Waals surface area contributed by atoms with Gasteiger partial charge in [0.05, 0.1) is 18.8 Å². The van der Waals surface area contributed by atoms with E-state index in [1.165, 1.54) is 17.0 Å². The molecule has 2 rings (SSSR count). The first-order valence-electron chi connectivity index (χ1n) is 8.62. The summed E-state index contributed by atoms with van der Waals surface area (Å²) in [5.41, 5.74) is 1.00. The fourth-order valence-electron chi connectivity index (χ4n) is 2.28. The standard InChI is InChI=1S/C18H21F3N4O4/c1-11(2)14-8-17(29-24-14)23-16(27)10-25(3)9-15(26)22-12-4-6-13(7-5-12)28-18(19,20)21/h4-8,11H,9-10H2,1-3H3,(H,22,26)(H,23,27). The zero-order valence-corrected chi connectivity index (χ0v) is 16.0. The number of aromatic nitrogens is 1. The summed E-state index contributed by atoms with van der Waals surface area (Å²) in [6.07, 6.45) is -4.78. The van der Waals surface area contributed by atoms with Gasteiger partial charge in [-0.2, -0.15) is 0 Å². The van der Waals surface area contributed by atoms with Gasteiger partial charge in [0.25, 0.3) is 0 Å². The summed E-state index contributed by atoms with van der Waals surface area (Å²) in [6.45, 7) is 3.69. The second-order valence-electron chi connectivity index (χ2n) is 6.61. The largest absolute Gasteiger partial charge is 0.573 e. The fourth-order valence-corrected chi connectivity index (χ4v) is 2.28. The van der Waals surface area contributed by atoms with Crippen molar-refractivity contribution in [3.63, 3.8) is 0 Å². The van der Waals surface area contributed by atoms with E-state index in [1.807, 2.05) is 13.8 Å². The zero-order chi connectivity index (χ0) is 21.6. The Labute approximate surface area is 165 Å². The molecule has 0 unspecified atom stereocenters. The maximum Gasteiger partial charge on any atom is 0.573 e. The van der Waals surface area contributed by atoms with Gasteiger partial charge in [-0.05, 0) is 37.2 Å². The van der Waals surface area contributed by atoms with Crippen LogP contribution in [0.5, 0.6) is 5.75 Å². The highest BCUT2D eigenvalue weighted by atomic mass is 19.4. The highest BCUT2D eigenvalue weighted by Crippen LogP contribution is 2.24. The van der Waals surface area contributed by atoms with Crippen molar-refractivity contribution in [3.05, 3.63) is 36.0 Å². The summed E-state index contributed by atoms with van der Waals surface area (Å²) in [5, 5.41) is 8.90. The number of amides is 2. The Bertz CT molecular complexity index is 834. The molecule has 2 aromatic rings. The Morgan fingerprint density at radius 1 is 1.14 bits per heavy atom. The lowest BCUT2D eigenvalue weighted by molar-refractivity contribution is -0.274. The molecule has 1 aromatic carbocycles. The maximum atomic E-state index is 12.1. The van der Waals surface area contributed by atoms with Crippen molar-refractivity contribution in [2.75, 3.05) is 30.8 Å². The van der Waals surface area contributed by atoms with E-state index in [2.05, 4.69) is 20.5 Å². The Kier molecular flexibility index (Phi) is 7.21. The first kappa shape index (κ1) is 22.2. The monoisotopic (exact) mass is 414 g/mol. The number of nitrogens with zero attached hydrogens (tertiary/aromatic N) is 2. The molecule has 0 aliphatic rings. The normalized spacial score (nSPS) is 11.6. The average Bonchev–Trinajstić information content (AvgIpc) is 3.03. The number of nitrogens with one attached hydrogen (secondary N) is 2. The van der Waals surface area contributed by atoms with E-state index in [0.29, 0.717) is 11.4 Å². The number of ether oxygens (including phenoxy) is 1. The summed E-state index contributed by atoms with van der Waals surface area (Å²) in [4.78, 5) is 25.5. The third kappa shape index (κ3) is 7.82. The molecule has 29 heavy (non-hydrogen) atoms. The molecule has 0 aliphatic heterocycles. The maximum absolute atomic E-state index is 12.1. The van der Waals surface area contributed by atoms with Crippen molar-refractivity contribution < 1.29 is 32.0 Å². The molecule has 2 amide bonds. The first-order chi connectivity index (χ1) is 13.5. The minimum atomic E-state index is -4.78. The van der Waals surface area contributed by atoms with E-state index in [9.17, 15) is 22.8 Å². The smallest absolute Gasteiger partial charge is 0.406 e. The van der Waals surface area contributed by atoms with E-state index < -0.39 is 18.0 Å². The number of likely N-dealkylation sites (N-methyl/N-ethyl adjacent to an activating group) is 1. The number of hydrogen-bond donors (Lipinski definition) is 2. The van der Waals surface area contributed by atoms with Gasteiger partial charge in [0.1, 0.15) is 5.75 Å². The van der Waals surface area contributed by atoms with Crippen LogP contribution in [0.3, 0.4) is 0 Å². The van der Waals surface area contributed by atoms with Gasteiger partial charge in [0, 0.05) is 11.8 Å². The van der Waals surface area contributed by atoms with Gasteiger partial charge in [0.2, 0.25) is 17.7 Å². The minimum absolute atomic E-state index is 0.0799. The minimum Gasteiger partial charge on any atom is -0.406 e. The molecule has 0 saturated heterocycles. The highest BCUT2D eigenvalue weighted by molar-refractivity contribution is 5.94. The van der Waals surface area contributed by atoms with Crippen molar-refractivity contribution in [1.29, 1.82) is 0 Å². The summed E-state index contributed by atoms with van der Waals surface area (Å²) in [5.74, 6) is -0.841. The third-order valence-electron chi connectivity index (χ3n) is 3.58. The molecular formula is C18H21F3N4O4. The molecule has 0 saturated carbocycles. The lowest BCUT2D eigenvalue weighted by Crippen LogP contribution is -2.36. The molecule has 11 heteroatoms. The Morgan fingerprint density at radius 3 is 2.24 bits per heavy atom. The molecule has 0 bridgehead atoms. The van der Waals surface area contributed by atoms with Gasteiger partial charge in [-0.25, -0.2) is 0 Å². The molecule has 1 aromatic heterocycles. The second kappa shape index (κ2) is 9.41. The summed E-state index contributed by atoms with van der Waals surface area (Å²) >= 11 is 0. The SMILES string of the molecule is CC(C)c1cc(NC(=O)CN(C)CC(=O)Nc2ccc(OC(F)(F)F)cc2)on1. The van der Waals surface area contributed by atoms with Crippen molar-refractivity contribution in [2.45, 2.75) is 26.1 Å². The van der Waals surface area contributed by atoms with Crippen molar-refractivity contribution >= 4 is 23.4 Å². The Balaban J connectivity index is 1.78. The first-order valence-corrected chi connectivity index (χ1v) is 8.62. The van der Waals surface area contributed by atoms with Crippen LogP contribution in [0.15, 0.2) is 34.9 Å². The van der Waals surface area contributed by atoms with E-state index in [4.69, 9.17) is 4.52 Å². The number of anilines is 2. The number of halogens is 3. The number of benzene rings is 1.